The third kappa shape index (κ3) is 4.51. The van der Waals surface area contributed by atoms with E-state index in [0.717, 1.165) is 24.8 Å². The zero-order chi connectivity index (χ0) is 17.1. The fraction of sp³-hybridized carbons (Fsp3) is 0.316. The molecule has 25 heavy (non-hydrogen) atoms. The van der Waals surface area contributed by atoms with E-state index in [4.69, 9.17) is 17.3 Å². The first-order valence-electron chi connectivity index (χ1n) is 8.15. The molecule has 0 heterocycles. The van der Waals surface area contributed by atoms with Crippen LogP contribution in [0.25, 0.3) is 11.1 Å². The van der Waals surface area contributed by atoms with Gasteiger partial charge in [0, 0.05) is 22.2 Å². The van der Waals surface area contributed by atoms with E-state index in [9.17, 15) is 9.18 Å². The van der Waals surface area contributed by atoms with Crippen LogP contribution in [0.15, 0.2) is 42.5 Å². The molecule has 0 saturated heterocycles. The highest BCUT2D eigenvalue weighted by Crippen LogP contribution is 2.34. The van der Waals surface area contributed by atoms with Crippen molar-refractivity contribution >= 4 is 35.6 Å². The van der Waals surface area contributed by atoms with Crippen LogP contribution in [-0.2, 0) is 4.79 Å². The van der Waals surface area contributed by atoms with Crippen molar-refractivity contribution in [1.29, 1.82) is 0 Å². The molecule has 0 spiro atoms. The van der Waals surface area contributed by atoms with Crippen LogP contribution in [0.4, 0.5) is 10.1 Å². The van der Waals surface area contributed by atoms with Crippen molar-refractivity contribution in [3.63, 3.8) is 0 Å². The standard InChI is InChI=1S/C19H20ClFN2O.ClH/c20-14-6-4-12(5-7-14)17-10-15(21)8-9-18(17)23-19(24)16-3-1-2-13(16)11-22;/h4-10,13,16H,1-3,11,22H2,(H,23,24);1H/t13-,16-;/m1./s1. The maximum Gasteiger partial charge on any atom is 0.227 e. The molecule has 2 atom stereocenters. The number of hydrogen-bond acceptors (Lipinski definition) is 2. The zero-order valence-electron chi connectivity index (χ0n) is 13.7. The number of nitrogens with two attached hydrogens (primary N) is 1. The van der Waals surface area contributed by atoms with Crippen molar-refractivity contribution in [1.82, 2.24) is 0 Å². The van der Waals surface area contributed by atoms with Crippen LogP contribution in [0.5, 0.6) is 0 Å². The molecule has 1 amide bonds. The number of carbonyl (C=O) groups is 1. The third-order valence-electron chi connectivity index (χ3n) is 4.69. The van der Waals surface area contributed by atoms with Gasteiger partial charge in [-0.25, -0.2) is 4.39 Å². The first-order chi connectivity index (χ1) is 11.6. The highest BCUT2D eigenvalue weighted by molar-refractivity contribution is 6.30. The Morgan fingerprint density at radius 2 is 1.92 bits per heavy atom. The lowest BCUT2D eigenvalue weighted by molar-refractivity contribution is -0.120. The Bertz CT molecular complexity index is 737. The van der Waals surface area contributed by atoms with Gasteiger partial charge in [-0.1, -0.05) is 30.2 Å². The van der Waals surface area contributed by atoms with Crippen LogP contribution >= 0.6 is 24.0 Å². The van der Waals surface area contributed by atoms with Crippen LogP contribution in [-0.4, -0.2) is 12.5 Å². The SMILES string of the molecule is Cl.NC[C@H]1CCC[C@H]1C(=O)Nc1ccc(F)cc1-c1ccc(Cl)cc1. The number of nitrogens with one attached hydrogen (secondary N) is 1. The van der Waals surface area contributed by atoms with Crippen molar-refractivity contribution in [2.24, 2.45) is 17.6 Å². The molecule has 0 radical (unpaired) electrons. The molecule has 3 nitrogen and oxygen atoms in total. The first kappa shape index (κ1) is 19.7. The average Bonchev–Trinajstić information content (AvgIpc) is 3.06. The Morgan fingerprint density at radius 1 is 1.20 bits per heavy atom. The minimum absolute atomic E-state index is 0. The summed E-state index contributed by atoms with van der Waals surface area (Å²) in [6.45, 7) is 0.519. The Labute approximate surface area is 158 Å². The molecular formula is C19H21Cl2FN2O. The number of benzene rings is 2. The maximum atomic E-state index is 13.7. The zero-order valence-corrected chi connectivity index (χ0v) is 15.2. The second kappa shape index (κ2) is 8.65. The van der Waals surface area contributed by atoms with Crippen LogP contribution in [0, 0.1) is 17.7 Å². The lowest BCUT2D eigenvalue weighted by Crippen LogP contribution is -2.29. The molecule has 0 aromatic heterocycles. The third-order valence-corrected chi connectivity index (χ3v) is 4.95. The second-order valence-electron chi connectivity index (χ2n) is 6.22. The monoisotopic (exact) mass is 382 g/mol. The van der Waals surface area contributed by atoms with E-state index in [2.05, 4.69) is 5.32 Å². The van der Waals surface area contributed by atoms with Gasteiger partial charge < -0.3 is 11.1 Å². The average molecular weight is 383 g/mol. The normalized spacial score (nSPS) is 19.3. The predicted octanol–water partition coefficient (Wildman–Crippen LogP) is 4.88. The van der Waals surface area contributed by atoms with Gasteiger partial charge >= 0.3 is 0 Å². The van der Waals surface area contributed by atoms with E-state index < -0.39 is 0 Å². The smallest absolute Gasteiger partial charge is 0.227 e. The molecule has 0 aliphatic heterocycles. The van der Waals surface area contributed by atoms with E-state index in [1.54, 1.807) is 18.2 Å². The summed E-state index contributed by atoms with van der Waals surface area (Å²) >= 11 is 5.92. The van der Waals surface area contributed by atoms with E-state index in [1.165, 1.54) is 12.1 Å². The lowest BCUT2D eigenvalue weighted by Gasteiger charge is -2.19. The maximum absolute atomic E-state index is 13.7. The summed E-state index contributed by atoms with van der Waals surface area (Å²) < 4.78 is 13.7. The largest absolute Gasteiger partial charge is 0.330 e. The quantitative estimate of drug-likeness (QED) is 0.791. The number of hydrogen-bond donors (Lipinski definition) is 2. The van der Waals surface area contributed by atoms with Gasteiger partial charge in [0.1, 0.15) is 5.82 Å². The number of amides is 1. The van der Waals surface area contributed by atoms with Crippen molar-refractivity contribution in [3.8, 4) is 11.1 Å². The number of carbonyl (C=O) groups excluding carboxylic acids is 1. The summed E-state index contributed by atoms with van der Waals surface area (Å²) in [6, 6.07) is 11.5. The van der Waals surface area contributed by atoms with Crippen molar-refractivity contribution in [2.75, 3.05) is 11.9 Å². The van der Waals surface area contributed by atoms with Gasteiger partial charge in [0.25, 0.3) is 0 Å². The molecule has 1 fully saturated rings. The van der Waals surface area contributed by atoms with Crippen LogP contribution in [0.2, 0.25) is 5.02 Å². The van der Waals surface area contributed by atoms with E-state index in [0.29, 0.717) is 22.8 Å². The summed E-state index contributed by atoms with van der Waals surface area (Å²) in [5.41, 5.74) is 7.81. The molecule has 6 heteroatoms. The molecule has 134 valence electrons. The molecule has 1 aliphatic carbocycles. The molecule has 0 bridgehead atoms. The molecule has 3 N–H and O–H groups in total. The molecule has 0 unspecified atom stereocenters. The predicted molar refractivity (Wildman–Crippen MR) is 103 cm³/mol. The van der Waals surface area contributed by atoms with Crippen molar-refractivity contribution in [3.05, 3.63) is 53.3 Å². The number of rotatable bonds is 4. The Kier molecular flexibility index (Phi) is 6.82. The van der Waals surface area contributed by atoms with Crippen LogP contribution in [0.3, 0.4) is 0 Å². The van der Waals surface area contributed by atoms with Gasteiger partial charge in [-0.2, -0.15) is 0 Å². The fourth-order valence-corrected chi connectivity index (χ4v) is 3.51. The Balaban J connectivity index is 0.00000225. The molecule has 2 aromatic carbocycles. The van der Waals surface area contributed by atoms with Gasteiger partial charge in [0.15, 0.2) is 0 Å². The van der Waals surface area contributed by atoms with Crippen LogP contribution < -0.4 is 11.1 Å². The summed E-state index contributed by atoms with van der Waals surface area (Å²) in [5, 5.41) is 3.57. The van der Waals surface area contributed by atoms with E-state index in [1.807, 2.05) is 12.1 Å². The van der Waals surface area contributed by atoms with Gasteiger partial charge in [-0.3, -0.25) is 4.79 Å². The van der Waals surface area contributed by atoms with Gasteiger partial charge in [-0.15, -0.1) is 12.4 Å². The fourth-order valence-electron chi connectivity index (χ4n) is 3.38. The number of halogens is 3. The highest BCUT2D eigenvalue weighted by Gasteiger charge is 2.32. The van der Waals surface area contributed by atoms with Gasteiger partial charge in [0.05, 0.1) is 0 Å². The summed E-state index contributed by atoms with van der Waals surface area (Å²) in [5.74, 6) is -0.231. The van der Waals surface area contributed by atoms with E-state index >= 15 is 0 Å². The molecule has 2 aromatic rings. The molecule has 1 saturated carbocycles. The van der Waals surface area contributed by atoms with Crippen molar-refractivity contribution in [2.45, 2.75) is 19.3 Å². The summed E-state index contributed by atoms with van der Waals surface area (Å²) in [6.07, 6.45) is 2.86. The lowest BCUT2D eigenvalue weighted by atomic mass is 9.95. The molecule has 3 rings (SSSR count). The van der Waals surface area contributed by atoms with Gasteiger partial charge in [0.2, 0.25) is 5.91 Å². The Morgan fingerprint density at radius 3 is 2.60 bits per heavy atom. The van der Waals surface area contributed by atoms with E-state index in [-0.39, 0.29) is 36.0 Å². The van der Waals surface area contributed by atoms with Gasteiger partial charge in [-0.05, 0) is 61.2 Å². The molecule has 1 aliphatic rings. The minimum Gasteiger partial charge on any atom is -0.330 e. The number of anilines is 1. The first-order valence-corrected chi connectivity index (χ1v) is 8.52. The van der Waals surface area contributed by atoms with Crippen LogP contribution in [0.1, 0.15) is 19.3 Å². The molecular weight excluding hydrogens is 362 g/mol. The Hall–Kier alpha value is -1.62. The highest BCUT2D eigenvalue weighted by atomic mass is 35.5. The summed E-state index contributed by atoms with van der Waals surface area (Å²) in [4.78, 5) is 12.6. The minimum atomic E-state index is -0.348. The summed E-state index contributed by atoms with van der Waals surface area (Å²) in [7, 11) is 0. The second-order valence-corrected chi connectivity index (χ2v) is 6.66. The van der Waals surface area contributed by atoms with Crippen molar-refractivity contribution < 1.29 is 9.18 Å². The topological polar surface area (TPSA) is 55.1 Å².